The zero-order valence-corrected chi connectivity index (χ0v) is 16.9. The number of nitrogens with zero attached hydrogens (tertiary/aromatic N) is 2. The van der Waals surface area contributed by atoms with E-state index in [1.807, 2.05) is 0 Å². The normalized spacial score (nSPS) is 16.6. The van der Waals surface area contributed by atoms with Gasteiger partial charge < -0.3 is 10.1 Å². The van der Waals surface area contributed by atoms with Crippen LogP contribution in [0.15, 0.2) is 53.4 Å². The van der Waals surface area contributed by atoms with Crippen molar-refractivity contribution in [3.05, 3.63) is 64.5 Å². The maximum atomic E-state index is 14.0. The van der Waals surface area contributed by atoms with Crippen molar-refractivity contribution < 1.29 is 32.1 Å². The number of sulfonamides is 1. The third-order valence-electron chi connectivity index (χ3n) is 4.61. The van der Waals surface area contributed by atoms with Gasteiger partial charge in [-0.15, -0.1) is 0 Å². The van der Waals surface area contributed by atoms with Gasteiger partial charge >= 0.3 is 5.97 Å². The average Bonchev–Trinajstić information content (AvgIpc) is 3.23. The third-order valence-corrected chi connectivity index (χ3v) is 6.55. The van der Waals surface area contributed by atoms with Gasteiger partial charge in [-0.05, 0) is 37.1 Å². The molecule has 164 valence electrons. The van der Waals surface area contributed by atoms with Crippen molar-refractivity contribution in [2.45, 2.75) is 23.8 Å². The molecule has 1 heterocycles. The average molecular weight is 451 g/mol. The molecule has 10 nitrogen and oxygen atoms in total. The third kappa shape index (κ3) is 5.03. The molecule has 0 spiro atoms. The van der Waals surface area contributed by atoms with Gasteiger partial charge in [0, 0.05) is 24.4 Å². The van der Waals surface area contributed by atoms with Crippen LogP contribution in [-0.4, -0.2) is 48.7 Å². The highest BCUT2D eigenvalue weighted by Crippen LogP contribution is 2.28. The number of halogens is 1. The molecule has 1 aliphatic heterocycles. The molecular weight excluding hydrogens is 433 g/mol. The minimum atomic E-state index is -4.26. The molecule has 2 aromatic carbocycles. The number of carbonyl (C=O) groups excluding carboxylic acids is 2. The van der Waals surface area contributed by atoms with Crippen LogP contribution in [0, 0.1) is 15.9 Å². The number of rotatable bonds is 7. The van der Waals surface area contributed by atoms with E-state index in [1.54, 1.807) is 0 Å². The number of nitro groups is 1. The number of esters is 1. The van der Waals surface area contributed by atoms with Crippen LogP contribution in [0.5, 0.6) is 0 Å². The van der Waals surface area contributed by atoms with Gasteiger partial charge in [0.15, 0.2) is 6.61 Å². The highest BCUT2D eigenvalue weighted by Gasteiger charge is 2.41. The van der Waals surface area contributed by atoms with Gasteiger partial charge in [-0.25, -0.2) is 12.8 Å². The van der Waals surface area contributed by atoms with Gasteiger partial charge in [-0.3, -0.25) is 19.7 Å². The van der Waals surface area contributed by atoms with Gasteiger partial charge in [0.25, 0.3) is 11.6 Å². The van der Waals surface area contributed by atoms with Crippen molar-refractivity contribution >= 4 is 33.3 Å². The first-order valence-corrected chi connectivity index (χ1v) is 10.6. The minimum Gasteiger partial charge on any atom is -0.454 e. The fraction of sp³-hybridized carbons (Fsp3) is 0.263. The molecule has 2 aromatic rings. The number of nitrogens with one attached hydrogen (secondary N) is 1. The fourth-order valence-electron chi connectivity index (χ4n) is 3.14. The SMILES string of the molecule is O=C(COC(=O)C1CCCN1S(=O)(=O)c1ccccc1F)Nc1ccc([N+](=O)[O-])cc1. The van der Waals surface area contributed by atoms with E-state index < -0.39 is 50.2 Å². The molecule has 3 rings (SSSR count). The van der Waals surface area contributed by atoms with Crippen LogP contribution in [-0.2, 0) is 24.3 Å². The molecule has 1 saturated heterocycles. The molecule has 0 radical (unpaired) electrons. The summed E-state index contributed by atoms with van der Waals surface area (Å²) >= 11 is 0. The molecule has 0 bridgehead atoms. The second-order valence-electron chi connectivity index (χ2n) is 6.66. The zero-order chi connectivity index (χ0) is 22.6. The Morgan fingerprint density at radius 3 is 2.52 bits per heavy atom. The molecule has 0 aromatic heterocycles. The second-order valence-corrected chi connectivity index (χ2v) is 8.52. The van der Waals surface area contributed by atoms with E-state index in [0.29, 0.717) is 6.42 Å². The van der Waals surface area contributed by atoms with E-state index in [-0.39, 0.29) is 24.3 Å². The van der Waals surface area contributed by atoms with Gasteiger partial charge in [0.05, 0.1) is 4.92 Å². The molecule has 1 amide bonds. The van der Waals surface area contributed by atoms with Crippen molar-refractivity contribution in [2.24, 2.45) is 0 Å². The van der Waals surface area contributed by atoms with Gasteiger partial charge in [0.2, 0.25) is 10.0 Å². The van der Waals surface area contributed by atoms with Crippen LogP contribution < -0.4 is 5.32 Å². The fourth-order valence-corrected chi connectivity index (χ4v) is 4.85. The van der Waals surface area contributed by atoms with E-state index in [2.05, 4.69) is 5.32 Å². The predicted molar refractivity (Wildman–Crippen MR) is 106 cm³/mol. The number of anilines is 1. The monoisotopic (exact) mass is 451 g/mol. The summed E-state index contributed by atoms with van der Waals surface area (Å²) in [4.78, 5) is 33.9. The number of hydrogen-bond donors (Lipinski definition) is 1. The van der Waals surface area contributed by atoms with Gasteiger partial charge in [0.1, 0.15) is 16.8 Å². The molecule has 1 fully saturated rings. The first-order valence-electron chi connectivity index (χ1n) is 9.17. The lowest BCUT2D eigenvalue weighted by Gasteiger charge is -2.22. The van der Waals surface area contributed by atoms with E-state index in [1.165, 1.54) is 36.4 Å². The molecule has 31 heavy (non-hydrogen) atoms. The lowest BCUT2D eigenvalue weighted by atomic mass is 10.2. The quantitative estimate of drug-likeness (QED) is 0.387. The molecule has 1 atom stereocenters. The summed E-state index contributed by atoms with van der Waals surface area (Å²) in [6.07, 6.45) is 0.554. The van der Waals surface area contributed by atoms with Gasteiger partial charge in [-0.2, -0.15) is 4.31 Å². The molecule has 0 saturated carbocycles. The summed E-state index contributed by atoms with van der Waals surface area (Å²) < 4.78 is 45.4. The maximum Gasteiger partial charge on any atom is 0.324 e. The molecule has 1 unspecified atom stereocenters. The van der Waals surface area contributed by atoms with E-state index >= 15 is 0 Å². The van der Waals surface area contributed by atoms with Crippen LogP contribution in [0.3, 0.4) is 0 Å². The standard InChI is InChI=1S/C19H18FN3O7S/c20-15-4-1-2-6-17(15)31(28,29)22-11-3-5-16(22)19(25)30-12-18(24)21-13-7-9-14(10-8-13)23(26)27/h1-2,4,6-10,16H,3,5,11-12H2,(H,21,24). The van der Waals surface area contributed by atoms with Crippen molar-refractivity contribution in [3.8, 4) is 0 Å². The topological polar surface area (TPSA) is 136 Å². The lowest BCUT2D eigenvalue weighted by Crippen LogP contribution is -2.42. The number of non-ortho nitro benzene ring substituents is 1. The number of ether oxygens (including phenoxy) is 1. The van der Waals surface area contributed by atoms with Crippen LogP contribution in [0.25, 0.3) is 0 Å². The molecule has 1 aliphatic rings. The van der Waals surface area contributed by atoms with Crippen molar-refractivity contribution in [2.75, 3.05) is 18.5 Å². The Kier molecular flexibility index (Phi) is 6.61. The first kappa shape index (κ1) is 22.3. The summed E-state index contributed by atoms with van der Waals surface area (Å²) in [7, 11) is -4.26. The summed E-state index contributed by atoms with van der Waals surface area (Å²) in [5, 5.41) is 13.0. The lowest BCUT2D eigenvalue weighted by molar-refractivity contribution is -0.384. The summed E-state index contributed by atoms with van der Waals surface area (Å²) in [5.74, 6) is -2.55. The summed E-state index contributed by atoms with van der Waals surface area (Å²) in [5.41, 5.74) is 0.109. The first-order chi connectivity index (χ1) is 14.7. The highest BCUT2D eigenvalue weighted by atomic mass is 32.2. The van der Waals surface area contributed by atoms with Gasteiger partial charge in [-0.1, -0.05) is 12.1 Å². The Labute approximate surface area is 176 Å². The van der Waals surface area contributed by atoms with E-state index in [9.17, 15) is 32.5 Å². The highest BCUT2D eigenvalue weighted by molar-refractivity contribution is 7.89. The molecule has 0 aliphatic carbocycles. The van der Waals surface area contributed by atoms with Crippen molar-refractivity contribution in [1.82, 2.24) is 4.31 Å². The number of nitro benzene ring substituents is 1. The Morgan fingerprint density at radius 1 is 1.19 bits per heavy atom. The maximum absolute atomic E-state index is 14.0. The predicted octanol–water partition coefficient (Wildman–Crippen LogP) is 2.07. The number of hydrogen-bond acceptors (Lipinski definition) is 7. The molecular formula is C19H18FN3O7S. The van der Waals surface area contributed by atoms with E-state index in [4.69, 9.17) is 4.74 Å². The Morgan fingerprint density at radius 2 is 1.87 bits per heavy atom. The summed E-state index contributed by atoms with van der Waals surface area (Å²) in [6, 6.07) is 8.72. The zero-order valence-electron chi connectivity index (χ0n) is 16.1. The Balaban J connectivity index is 1.61. The summed E-state index contributed by atoms with van der Waals surface area (Å²) in [6.45, 7) is -0.661. The van der Waals surface area contributed by atoms with Crippen molar-refractivity contribution in [3.63, 3.8) is 0 Å². The Hall–Kier alpha value is -3.38. The van der Waals surface area contributed by atoms with Crippen LogP contribution in [0.2, 0.25) is 0 Å². The van der Waals surface area contributed by atoms with Crippen molar-refractivity contribution in [1.29, 1.82) is 0 Å². The minimum absolute atomic E-state index is 0.0193. The molecule has 12 heteroatoms. The van der Waals surface area contributed by atoms with Crippen LogP contribution >= 0.6 is 0 Å². The second kappa shape index (κ2) is 9.18. The largest absolute Gasteiger partial charge is 0.454 e. The van der Waals surface area contributed by atoms with Crippen LogP contribution in [0.1, 0.15) is 12.8 Å². The number of amides is 1. The van der Waals surface area contributed by atoms with Crippen LogP contribution in [0.4, 0.5) is 15.8 Å². The van der Waals surface area contributed by atoms with E-state index in [0.717, 1.165) is 16.4 Å². The number of benzene rings is 2. The number of carbonyl (C=O) groups is 2. The Bertz CT molecular complexity index is 1110. The smallest absolute Gasteiger partial charge is 0.324 e. The molecule has 1 N–H and O–H groups in total.